The van der Waals surface area contributed by atoms with Crippen molar-refractivity contribution in [3.63, 3.8) is 0 Å². The summed E-state index contributed by atoms with van der Waals surface area (Å²) < 4.78 is 0. The highest BCUT2D eigenvalue weighted by Gasteiger charge is 2.23. The molecule has 0 aromatic rings. The Morgan fingerprint density at radius 2 is 2.58 bits per heavy atom. The van der Waals surface area contributed by atoms with Crippen LogP contribution >= 0.6 is 11.8 Å². The Morgan fingerprint density at radius 1 is 1.83 bits per heavy atom. The second-order valence-electron chi connectivity index (χ2n) is 3.15. The summed E-state index contributed by atoms with van der Waals surface area (Å²) in [6.45, 7) is 1.82. The van der Waals surface area contributed by atoms with Gasteiger partial charge in [-0.05, 0) is 19.1 Å². The number of rotatable bonds is 3. The smallest absolute Gasteiger partial charge is 0.224 e. The van der Waals surface area contributed by atoms with Crippen molar-refractivity contribution in [2.75, 3.05) is 18.1 Å². The molecule has 1 fully saturated rings. The van der Waals surface area contributed by atoms with Gasteiger partial charge in [-0.3, -0.25) is 4.79 Å². The van der Waals surface area contributed by atoms with Crippen LogP contribution in [0.1, 0.15) is 13.3 Å². The van der Waals surface area contributed by atoms with E-state index in [-0.39, 0.29) is 24.5 Å². The molecule has 1 aliphatic heterocycles. The highest BCUT2D eigenvalue weighted by atomic mass is 32.2. The molecule has 0 aliphatic carbocycles. The van der Waals surface area contributed by atoms with Gasteiger partial charge < -0.3 is 10.4 Å². The SMILES string of the molecule is C[C@H](CO)NC(=O)C1CCSC1. The standard InChI is InChI=1S/C8H15NO2S/c1-6(4-10)9-8(11)7-2-3-12-5-7/h6-7,10H,2-5H2,1H3,(H,9,11)/t6-,7?/m1/s1. The topological polar surface area (TPSA) is 49.3 Å². The van der Waals surface area contributed by atoms with Crippen molar-refractivity contribution in [2.45, 2.75) is 19.4 Å². The summed E-state index contributed by atoms with van der Waals surface area (Å²) in [6, 6.07) is -0.108. The number of aliphatic hydroxyl groups excluding tert-OH is 1. The summed E-state index contributed by atoms with van der Waals surface area (Å²) in [6.07, 6.45) is 0.981. The molecule has 2 atom stereocenters. The minimum atomic E-state index is -0.108. The van der Waals surface area contributed by atoms with E-state index in [0.29, 0.717) is 0 Å². The zero-order valence-electron chi connectivity index (χ0n) is 7.25. The van der Waals surface area contributed by atoms with Crippen molar-refractivity contribution in [2.24, 2.45) is 5.92 Å². The molecule has 4 heteroatoms. The van der Waals surface area contributed by atoms with Crippen molar-refractivity contribution < 1.29 is 9.90 Å². The lowest BCUT2D eigenvalue weighted by molar-refractivity contribution is -0.125. The van der Waals surface area contributed by atoms with Gasteiger partial charge in [-0.1, -0.05) is 0 Å². The predicted octanol–water partition coefficient (Wildman–Crippen LogP) is 0.237. The Hall–Kier alpha value is -0.220. The van der Waals surface area contributed by atoms with Gasteiger partial charge in [0.25, 0.3) is 0 Å². The van der Waals surface area contributed by atoms with E-state index in [4.69, 9.17) is 5.11 Å². The van der Waals surface area contributed by atoms with Gasteiger partial charge in [0.05, 0.1) is 6.61 Å². The van der Waals surface area contributed by atoms with Gasteiger partial charge in [-0.25, -0.2) is 0 Å². The van der Waals surface area contributed by atoms with Crippen molar-refractivity contribution in [3.8, 4) is 0 Å². The first-order chi connectivity index (χ1) is 5.74. The van der Waals surface area contributed by atoms with E-state index >= 15 is 0 Å². The molecule has 0 aromatic heterocycles. The predicted molar refractivity (Wildman–Crippen MR) is 50.1 cm³/mol. The summed E-state index contributed by atoms with van der Waals surface area (Å²) >= 11 is 1.82. The van der Waals surface area contributed by atoms with Crippen LogP contribution < -0.4 is 5.32 Å². The first-order valence-corrected chi connectivity index (χ1v) is 5.38. The largest absolute Gasteiger partial charge is 0.394 e. The lowest BCUT2D eigenvalue weighted by Gasteiger charge is -2.13. The third kappa shape index (κ3) is 2.68. The maximum atomic E-state index is 11.4. The molecular weight excluding hydrogens is 174 g/mol. The van der Waals surface area contributed by atoms with Gasteiger partial charge in [0, 0.05) is 17.7 Å². The summed E-state index contributed by atoms with van der Waals surface area (Å²) in [5.41, 5.74) is 0. The molecule has 0 aromatic carbocycles. The number of aliphatic hydroxyl groups is 1. The number of hydrogen-bond donors (Lipinski definition) is 2. The number of thioether (sulfide) groups is 1. The van der Waals surface area contributed by atoms with Gasteiger partial charge in [0.2, 0.25) is 5.91 Å². The van der Waals surface area contributed by atoms with E-state index in [1.54, 1.807) is 6.92 Å². The molecule has 1 heterocycles. The Bertz CT molecular complexity index is 157. The Balaban J connectivity index is 2.27. The average Bonchev–Trinajstić information content (AvgIpc) is 2.56. The molecule has 1 unspecified atom stereocenters. The van der Waals surface area contributed by atoms with Crippen LogP contribution in [0.25, 0.3) is 0 Å². The normalized spacial score (nSPS) is 25.3. The number of hydrogen-bond acceptors (Lipinski definition) is 3. The molecule has 2 N–H and O–H groups in total. The lowest BCUT2D eigenvalue weighted by atomic mass is 10.1. The maximum absolute atomic E-state index is 11.4. The van der Waals surface area contributed by atoms with Crippen LogP contribution in [0.3, 0.4) is 0 Å². The van der Waals surface area contributed by atoms with Crippen molar-refractivity contribution in [1.82, 2.24) is 5.32 Å². The monoisotopic (exact) mass is 189 g/mol. The fourth-order valence-corrected chi connectivity index (χ4v) is 2.37. The minimum absolute atomic E-state index is 0.0194. The third-order valence-electron chi connectivity index (χ3n) is 1.96. The molecular formula is C8H15NO2S. The summed E-state index contributed by atoms with van der Waals surface area (Å²) in [4.78, 5) is 11.4. The van der Waals surface area contributed by atoms with Crippen LogP contribution in [0.2, 0.25) is 0 Å². The third-order valence-corrected chi connectivity index (χ3v) is 3.13. The molecule has 12 heavy (non-hydrogen) atoms. The quantitative estimate of drug-likeness (QED) is 0.668. The van der Waals surface area contributed by atoms with E-state index in [1.165, 1.54) is 0 Å². The second-order valence-corrected chi connectivity index (χ2v) is 4.30. The Morgan fingerprint density at radius 3 is 3.08 bits per heavy atom. The second kappa shape index (κ2) is 4.72. The van der Waals surface area contributed by atoms with Crippen LogP contribution in [-0.4, -0.2) is 35.2 Å². The van der Waals surface area contributed by atoms with E-state index in [1.807, 2.05) is 11.8 Å². The van der Waals surface area contributed by atoms with Crippen LogP contribution in [0, 0.1) is 5.92 Å². The molecule has 0 bridgehead atoms. The molecule has 0 radical (unpaired) electrons. The maximum Gasteiger partial charge on any atom is 0.224 e. The highest BCUT2D eigenvalue weighted by molar-refractivity contribution is 7.99. The van der Waals surface area contributed by atoms with Crippen molar-refractivity contribution in [3.05, 3.63) is 0 Å². The number of nitrogens with one attached hydrogen (secondary N) is 1. The first kappa shape index (κ1) is 9.86. The Kier molecular flexibility index (Phi) is 3.88. The summed E-state index contributed by atoms with van der Waals surface area (Å²) in [5, 5.41) is 11.5. The van der Waals surface area contributed by atoms with Gasteiger partial charge in [-0.15, -0.1) is 0 Å². The molecule has 0 spiro atoms. The van der Waals surface area contributed by atoms with Crippen LogP contribution in [0.15, 0.2) is 0 Å². The van der Waals surface area contributed by atoms with Gasteiger partial charge in [-0.2, -0.15) is 11.8 Å². The average molecular weight is 189 g/mol. The van der Waals surface area contributed by atoms with Gasteiger partial charge in [0.1, 0.15) is 0 Å². The fraction of sp³-hybridized carbons (Fsp3) is 0.875. The highest BCUT2D eigenvalue weighted by Crippen LogP contribution is 2.23. The molecule has 1 saturated heterocycles. The van der Waals surface area contributed by atoms with Gasteiger partial charge >= 0.3 is 0 Å². The van der Waals surface area contributed by atoms with Crippen LogP contribution in [0.5, 0.6) is 0 Å². The van der Waals surface area contributed by atoms with Crippen molar-refractivity contribution in [1.29, 1.82) is 0 Å². The number of carbonyl (C=O) groups is 1. The molecule has 1 aliphatic rings. The van der Waals surface area contributed by atoms with Gasteiger partial charge in [0.15, 0.2) is 0 Å². The van der Waals surface area contributed by atoms with E-state index in [2.05, 4.69) is 5.32 Å². The lowest BCUT2D eigenvalue weighted by Crippen LogP contribution is -2.39. The van der Waals surface area contributed by atoms with E-state index in [9.17, 15) is 4.79 Å². The van der Waals surface area contributed by atoms with Crippen LogP contribution in [-0.2, 0) is 4.79 Å². The summed E-state index contributed by atoms with van der Waals surface area (Å²) in [7, 11) is 0. The van der Waals surface area contributed by atoms with E-state index in [0.717, 1.165) is 17.9 Å². The fourth-order valence-electron chi connectivity index (χ4n) is 1.15. The Labute approximate surface area is 76.9 Å². The summed E-state index contributed by atoms with van der Waals surface area (Å²) in [5.74, 6) is 2.29. The van der Waals surface area contributed by atoms with Crippen molar-refractivity contribution >= 4 is 17.7 Å². The zero-order chi connectivity index (χ0) is 8.97. The van der Waals surface area contributed by atoms with E-state index < -0.39 is 0 Å². The molecule has 1 amide bonds. The molecule has 0 saturated carbocycles. The minimum Gasteiger partial charge on any atom is -0.394 e. The number of amides is 1. The first-order valence-electron chi connectivity index (χ1n) is 4.23. The molecule has 70 valence electrons. The zero-order valence-corrected chi connectivity index (χ0v) is 8.06. The van der Waals surface area contributed by atoms with Crippen LogP contribution in [0.4, 0.5) is 0 Å². The number of carbonyl (C=O) groups excluding carboxylic acids is 1. The molecule has 3 nitrogen and oxygen atoms in total. The molecule has 1 rings (SSSR count).